The molecule has 1 unspecified atom stereocenters. The van der Waals surface area contributed by atoms with E-state index in [0.717, 1.165) is 18.6 Å². The number of nitrogens with one attached hydrogen (secondary N) is 1. The highest BCUT2D eigenvalue weighted by Crippen LogP contribution is 2.16. The summed E-state index contributed by atoms with van der Waals surface area (Å²) in [6.07, 6.45) is 1.62. The first kappa shape index (κ1) is 15.5. The Morgan fingerprint density at radius 3 is 2.42 bits per heavy atom. The molecule has 0 aliphatic carbocycles. The monoisotopic (exact) mass is 264 g/mol. The Morgan fingerprint density at radius 1 is 1.32 bits per heavy atom. The van der Waals surface area contributed by atoms with Gasteiger partial charge in [-0.1, -0.05) is 6.92 Å². The number of carbonyl (C=O) groups excluding carboxylic acids is 1. The highest BCUT2D eigenvalue weighted by molar-refractivity contribution is 5.94. The summed E-state index contributed by atoms with van der Waals surface area (Å²) in [7, 11) is 0. The molecule has 106 valence electrons. The second-order valence-corrected chi connectivity index (χ2v) is 4.86. The van der Waals surface area contributed by atoms with Crippen LogP contribution in [0.4, 0.5) is 0 Å². The number of ether oxygens (including phenoxy) is 1. The van der Waals surface area contributed by atoms with Crippen LogP contribution in [0.2, 0.25) is 0 Å². The molecule has 0 fully saturated rings. The lowest BCUT2D eigenvalue weighted by atomic mass is 9.94. The van der Waals surface area contributed by atoms with Crippen LogP contribution in [0.25, 0.3) is 0 Å². The fraction of sp³-hybridized carbons (Fsp3) is 0.533. The van der Waals surface area contributed by atoms with Crippen LogP contribution in [0.3, 0.4) is 0 Å². The average Bonchev–Trinajstić information content (AvgIpc) is 2.40. The fourth-order valence-corrected chi connectivity index (χ4v) is 1.86. The molecule has 1 aromatic rings. The summed E-state index contributed by atoms with van der Waals surface area (Å²) in [4.78, 5) is 12.2. The Bertz CT molecular complexity index is 403. The zero-order valence-corrected chi connectivity index (χ0v) is 12.0. The molecule has 0 radical (unpaired) electrons. The van der Waals surface area contributed by atoms with Crippen molar-refractivity contribution in [3.8, 4) is 5.75 Å². The lowest BCUT2D eigenvalue weighted by molar-refractivity contribution is 0.0900. The van der Waals surface area contributed by atoms with Crippen molar-refractivity contribution in [2.45, 2.75) is 39.2 Å². The molecule has 4 heteroatoms. The number of hydrogen-bond donors (Lipinski definition) is 2. The van der Waals surface area contributed by atoms with E-state index in [-0.39, 0.29) is 11.4 Å². The topological polar surface area (TPSA) is 64.3 Å². The third kappa shape index (κ3) is 4.56. The van der Waals surface area contributed by atoms with Crippen molar-refractivity contribution in [2.24, 2.45) is 5.73 Å². The van der Waals surface area contributed by atoms with Crippen molar-refractivity contribution in [3.63, 3.8) is 0 Å². The van der Waals surface area contributed by atoms with Gasteiger partial charge in [-0.05, 0) is 57.5 Å². The lowest BCUT2D eigenvalue weighted by Gasteiger charge is -2.29. The molecule has 19 heavy (non-hydrogen) atoms. The zero-order valence-electron chi connectivity index (χ0n) is 12.0. The van der Waals surface area contributed by atoms with Crippen LogP contribution in [0.15, 0.2) is 24.3 Å². The molecule has 4 nitrogen and oxygen atoms in total. The van der Waals surface area contributed by atoms with Crippen molar-refractivity contribution >= 4 is 5.91 Å². The second-order valence-electron chi connectivity index (χ2n) is 4.86. The van der Waals surface area contributed by atoms with E-state index in [1.165, 1.54) is 0 Å². The molecule has 0 aliphatic heterocycles. The van der Waals surface area contributed by atoms with Crippen LogP contribution < -0.4 is 15.8 Å². The highest BCUT2D eigenvalue weighted by Gasteiger charge is 2.23. The fourth-order valence-electron chi connectivity index (χ4n) is 1.86. The van der Waals surface area contributed by atoms with E-state index in [2.05, 4.69) is 5.32 Å². The van der Waals surface area contributed by atoms with Crippen molar-refractivity contribution < 1.29 is 9.53 Å². The molecule has 0 spiro atoms. The van der Waals surface area contributed by atoms with Gasteiger partial charge in [0.15, 0.2) is 0 Å². The molecule has 1 aromatic carbocycles. The first-order chi connectivity index (χ1) is 9.04. The molecular formula is C15H24N2O2. The minimum atomic E-state index is -0.246. The van der Waals surface area contributed by atoms with Crippen LogP contribution in [-0.4, -0.2) is 24.6 Å². The Hall–Kier alpha value is -1.55. The van der Waals surface area contributed by atoms with E-state index in [9.17, 15) is 4.79 Å². The van der Waals surface area contributed by atoms with Gasteiger partial charge in [0.05, 0.1) is 6.61 Å². The van der Waals surface area contributed by atoms with E-state index in [1.807, 2.05) is 32.9 Å². The Balaban J connectivity index is 2.71. The van der Waals surface area contributed by atoms with Gasteiger partial charge >= 0.3 is 0 Å². The number of nitrogens with two attached hydrogens (primary N) is 1. The number of hydrogen-bond acceptors (Lipinski definition) is 3. The standard InChI is InChI=1S/C15H24N2O2/c1-4-15(3,10-11-16)17-14(18)12-6-8-13(9-7-12)19-5-2/h6-9H,4-5,10-11,16H2,1-3H3,(H,17,18). The zero-order chi connectivity index (χ0) is 14.3. The van der Waals surface area contributed by atoms with Gasteiger partial charge in [-0.15, -0.1) is 0 Å². The molecule has 1 atom stereocenters. The van der Waals surface area contributed by atoms with Gasteiger partial charge in [0.2, 0.25) is 0 Å². The van der Waals surface area contributed by atoms with Gasteiger partial charge < -0.3 is 15.8 Å². The third-order valence-corrected chi connectivity index (χ3v) is 3.32. The number of carbonyl (C=O) groups is 1. The Labute approximate surface area is 115 Å². The maximum Gasteiger partial charge on any atom is 0.251 e. The first-order valence-electron chi connectivity index (χ1n) is 6.80. The maximum absolute atomic E-state index is 12.2. The predicted octanol–water partition coefficient (Wildman–Crippen LogP) is 2.33. The van der Waals surface area contributed by atoms with Crippen LogP contribution in [0, 0.1) is 0 Å². The minimum Gasteiger partial charge on any atom is -0.494 e. The van der Waals surface area contributed by atoms with Gasteiger partial charge in [-0.25, -0.2) is 0 Å². The van der Waals surface area contributed by atoms with Crippen LogP contribution in [0.5, 0.6) is 5.75 Å². The molecular weight excluding hydrogens is 240 g/mol. The molecule has 3 N–H and O–H groups in total. The van der Waals surface area contributed by atoms with Crippen LogP contribution in [0.1, 0.15) is 44.0 Å². The summed E-state index contributed by atoms with van der Waals surface area (Å²) in [5.41, 5.74) is 5.98. The molecule has 0 aromatic heterocycles. The normalized spacial score (nSPS) is 13.7. The second kappa shape index (κ2) is 7.14. The van der Waals surface area contributed by atoms with Crippen molar-refractivity contribution in [1.82, 2.24) is 5.32 Å². The minimum absolute atomic E-state index is 0.0687. The van der Waals surface area contributed by atoms with Gasteiger partial charge in [0.25, 0.3) is 5.91 Å². The largest absolute Gasteiger partial charge is 0.494 e. The van der Waals surface area contributed by atoms with E-state index in [1.54, 1.807) is 12.1 Å². The van der Waals surface area contributed by atoms with Gasteiger partial charge in [-0.3, -0.25) is 4.79 Å². The smallest absolute Gasteiger partial charge is 0.251 e. The van der Waals surface area contributed by atoms with E-state index < -0.39 is 0 Å². The Morgan fingerprint density at radius 2 is 1.95 bits per heavy atom. The first-order valence-corrected chi connectivity index (χ1v) is 6.80. The van der Waals surface area contributed by atoms with Gasteiger partial charge in [-0.2, -0.15) is 0 Å². The molecule has 0 bridgehead atoms. The van der Waals surface area contributed by atoms with Gasteiger partial charge in [0, 0.05) is 11.1 Å². The molecule has 0 saturated carbocycles. The third-order valence-electron chi connectivity index (χ3n) is 3.32. The summed E-state index contributed by atoms with van der Waals surface area (Å²) in [5.74, 6) is 0.708. The van der Waals surface area contributed by atoms with E-state index in [4.69, 9.17) is 10.5 Å². The maximum atomic E-state index is 12.2. The molecule has 1 amide bonds. The van der Waals surface area contributed by atoms with Crippen LogP contribution in [-0.2, 0) is 0 Å². The summed E-state index contributed by atoms with van der Waals surface area (Å²) in [6, 6.07) is 7.17. The van der Waals surface area contributed by atoms with Gasteiger partial charge in [0.1, 0.15) is 5.75 Å². The average molecular weight is 264 g/mol. The quantitative estimate of drug-likeness (QED) is 0.794. The van der Waals surface area contributed by atoms with Crippen molar-refractivity contribution in [1.29, 1.82) is 0 Å². The predicted molar refractivity (Wildman–Crippen MR) is 77.4 cm³/mol. The molecule has 0 aliphatic rings. The van der Waals surface area contributed by atoms with Crippen molar-refractivity contribution in [3.05, 3.63) is 29.8 Å². The SMILES string of the molecule is CCOc1ccc(C(=O)NC(C)(CC)CCN)cc1. The Kier molecular flexibility index (Phi) is 5.83. The number of rotatable bonds is 7. The summed E-state index contributed by atoms with van der Waals surface area (Å²) < 4.78 is 5.35. The number of benzene rings is 1. The molecule has 0 heterocycles. The number of amides is 1. The van der Waals surface area contributed by atoms with E-state index in [0.29, 0.717) is 18.7 Å². The van der Waals surface area contributed by atoms with E-state index >= 15 is 0 Å². The summed E-state index contributed by atoms with van der Waals surface area (Å²) in [5, 5.41) is 3.05. The molecule has 0 saturated heterocycles. The highest BCUT2D eigenvalue weighted by atomic mass is 16.5. The lowest BCUT2D eigenvalue weighted by Crippen LogP contribution is -2.46. The molecule has 1 rings (SSSR count). The summed E-state index contributed by atoms with van der Waals surface area (Å²) >= 11 is 0. The summed E-state index contributed by atoms with van der Waals surface area (Å²) in [6.45, 7) is 7.18. The van der Waals surface area contributed by atoms with Crippen LogP contribution >= 0.6 is 0 Å². The van der Waals surface area contributed by atoms with Crippen molar-refractivity contribution in [2.75, 3.05) is 13.2 Å².